The van der Waals surface area contributed by atoms with Crippen LogP contribution in [0.5, 0.6) is 5.75 Å². The molecular weight excluding hydrogens is 314 g/mol. The molecule has 2 aliphatic heterocycles. The summed E-state index contributed by atoms with van der Waals surface area (Å²) < 4.78 is 7.87. The van der Waals surface area contributed by atoms with Crippen LogP contribution in [0.3, 0.4) is 0 Å². The van der Waals surface area contributed by atoms with Crippen LogP contribution in [-0.4, -0.2) is 39.8 Å². The van der Waals surface area contributed by atoms with E-state index in [0.717, 1.165) is 55.1 Å². The van der Waals surface area contributed by atoms with Crippen LogP contribution < -0.4 is 4.74 Å². The van der Waals surface area contributed by atoms with Crippen molar-refractivity contribution < 1.29 is 9.53 Å². The smallest absolute Gasteiger partial charge is 0.229 e. The molecule has 2 aliphatic rings. The molecule has 0 saturated carbocycles. The summed E-state index contributed by atoms with van der Waals surface area (Å²) in [5.41, 5.74) is 3.33. The Morgan fingerprint density at radius 1 is 1.32 bits per heavy atom. The molecule has 0 spiro atoms. The van der Waals surface area contributed by atoms with Crippen molar-refractivity contribution in [2.75, 3.05) is 13.2 Å². The molecule has 1 saturated heterocycles. The summed E-state index contributed by atoms with van der Waals surface area (Å²) in [5.74, 6) is 1.08. The second-order valence-electron chi connectivity index (χ2n) is 7.26. The first-order chi connectivity index (χ1) is 12.1. The molecule has 0 aliphatic carbocycles. The lowest BCUT2D eigenvalue weighted by Gasteiger charge is -2.31. The van der Waals surface area contributed by atoms with Crippen LogP contribution in [0.2, 0.25) is 0 Å². The molecule has 0 bridgehead atoms. The van der Waals surface area contributed by atoms with Crippen molar-refractivity contribution in [3.05, 3.63) is 47.3 Å². The zero-order valence-electron chi connectivity index (χ0n) is 14.9. The number of carbonyl (C=O) groups excluding carboxylic acids is 1. The minimum absolute atomic E-state index is 0.0732. The number of nitrogens with zero attached hydrogens (tertiary/aromatic N) is 3. The van der Waals surface area contributed by atoms with Crippen molar-refractivity contribution in [1.82, 2.24) is 14.7 Å². The number of hydrogen-bond donors (Lipinski definition) is 0. The van der Waals surface area contributed by atoms with Crippen molar-refractivity contribution in [3.63, 3.8) is 0 Å². The molecule has 5 heteroatoms. The van der Waals surface area contributed by atoms with Gasteiger partial charge in [0.05, 0.1) is 24.2 Å². The fourth-order valence-electron chi connectivity index (χ4n) is 4.10. The summed E-state index contributed by atoms with van der Waals surface area (Å²) in [4.78, 5) is 15.2. The minimum atomic E-state index is -0.0732. The van der Waals surface area contributed by atoms with Crippen molar-refractivity contribution in [3.8, 4) is 5.75 Å². The highest BCUT2D eigenvalue weighted by Crippen LogP contribution is 2.30. The number of benzene rings is 1. The van der Waals surface area contributed by atoms with E-state index in [0.29, 0.717) is 6.61 Å². The second kappa shape index (κ2) is 6.54. The largest absolute Gasteiger partial charge is 0.492 e. The van der Waals surface area contributed by atoms with Gasteiger partial charge in [0.15, 0.2) is 0 Å². The maximum atomic E-state index is 13.1. The van der Waals surface area contributed by atoms with Crippen LogP contribution in [0.1, 0.15) is 29.8 Å². The van der Waals surface area contributed by atoms with Crippen LogP contribution >= 0.6 is 0 Å². The zero-order valence-corrected chi connectivity index (χ0v) is 14.9. The van der Waals surface area contributed by atoms with Gasteiger partial charge in [-0.1, -0.05) is 18.2 Å². The first kappa shape index (κ1) is 16.2. The third-order valence-electron chi connectivity index (χ3n) is 5.38. The van der Waals surface area contributed by atoms with E-state index in [-0.39, 0.29) is 17.9 Å². The van der Waals surface area contributed by atoms with Crippen molar-refractivity contribution in [1.29, 1.82) is 0 Å². The number of aromatic nitrogens is 2. The van der Waals surface area contributed by atoms with E-state index >= 15 is 0 Å². The molecule has 132 valence electrons. The van der Waals surface area contributed by atoms with Gasteiger partial charge in [-0.25, -0.2) is 0 Å². The van der Waals surface area contributed by atoms with Gasteiger partial charge in [0, 0.05) is 12.2 Å². The number of hydrogen-bond acceptors (Lipinski definition) is 3. The first-order valence-electron chi connectivity index (χ1n) is 9.14. The molecule has 1 aromatic carbocycles. The van der Waals surface area contributed by atoms with Crippen molar-refractivity contribution >= 4 is 5.91 Å². The topological polar surface area (TPSA) is 47.4 Å². The Balaban J connectivity index is 1.47. The molecule has 4 rings (SSSR count). The van der Waals surface area contributed by atoms with Gasteiger partial charge in [-0.15, -0.1) is 0 Å². The Morgan fingerprint density at radius 2 is 2.16 bits per heavy atom. The highest BCUT2D eigenvalue weighted by Gasteiger charge is 2.35. The molecule has 5 nitrogen and oxygen atoms in total. The fraction of sp³-hybridized carbons (Fsp3) is 0.500. The average molecular weight is 339 g/mol. The van der Waals surface area contributed by atoms with Crippen molar-refractivity contribution in [2.24, 2.45) is 5.92 Å². The number of carbonyl (C=O) groups is 1. The maximum Gasteiger partial charge on any atom is 0.229 e. The van der Waals surface area contributed by atoms with Gasteiger partial charge in [-0.3, -0.25) is 9.48 Å². The zero-order chi connectivity index (χ0) is 17.4. The SMILES string of the molecule is Cc1cc(C)n(C[C@H]2CCCN2C(=O)[C@H]2COc3ccccc3C2)n1. The number of fused-ring (bicyclic) bond motifs is 1. The van der Waals surface area contributed by atoms with Crippen LogP contribution in [0.15, 0.2) is 30.3 Å². The number of para-hydroxylation sites is 1. The number of ether oxygens (including phenoxy) is 1. The van der Waals surface area contributed by atoms with Gasteiger partial charge in [0.2, 0.25) is 5.91 Å². The maximum absolute atomic E-state index is 13.1. The Hall–Kier alpha value is -2.30. The molecule has 1 amide bonds. The molecule has 0 radical (unpaired) electrons. The molecule has 1 aromatic heterocycles. The number of aryl methyl sites for hydroxylation is 2. The lowest BCUT2D eigenvalue weighted by molar-refractivity contribution is -0.138. The lowest BCUT2D eigenvalue weighted by Crippen LogP contribution is -2.44. The first-order valence-corrected chi connectivity index (χ1v) is 9.14. The van der Waals surface area contributed by atoms with Crippen molar-refractivity contribution in [2.45, 2.75) is 45.7 Å². The molecule has 3 heterocycles. The lowest BCUT2D eigenvalue weighted by atomic mass is 9.95. The molecule has 1 fully saturated rings. The summed E-state index contributed by atoms with van der Waals surface area (Å²) in [6, 6.07) is 10.4. The molecule has 2 atom stereocenters. The van der Waals surface area contributed by atoms with E-state index in [1.165, 1.54) is 0 Å². The van der Waals surface area contributed by atoms with E-state index in [1.54, 1.807) is 0 Å². The Kier molecular flexibility index (Phi) is 4.24. The second-order valence-corrected chi connectivity index (χ2v) is 7.26. The van der Waals surface area contributed by atoms with Crippen LogP contribution in [0, 0.1) is 19.8 Å². The molecule has 2 aromatic rings. The molecule has 0 unspecified atom stereocenters. The average Bonchev–Trinajstić information content (AvgIpc) is 3.20. The van der Waals surface area contributed by atoms with Crippen LogP contribution in [-0.2, 0) is 17.8 Å². The van der Waals surface area contributed by atoms with Gasteiger partial charge in [-0.05, 0) is 50.8 Å². The predicted octanol–water partition coefficient (Wildman–Crippen LogP) is 2.74. The number of likely N-dealkylation sites (tertiary alicyclic amines) is 1. The van der Waals surface area contributed by atoms with E-state index in [9.17, 15) is 4.79 Å². The summed E-state index contributed by atoms with van der Waals surface area (Å²) >= 11 is 0. The van der Waals surface area contributed by atoms with E-state index in [1.807, 2.05) is 29.8 Å². The van der Waals surface area contributed by atoms with Gasteiger partial charge >= 0.3 is 0 Å². The van der Waals surface area contributed by atoms with E-state index < -0.39 is 0 Å². The summed E-state index contributed by atoms with van der Waals surface area (Å²) in [6.07, 6.45) is 2.90. The van der Waals surface area contributed by atoms with Gasteiger partial charge in [0.25, 0.3) is 0 Å². The summed E-state index contributed by atoms with van der Waals surface area (Å²) in [5, 5.41) is 4.56. The molecule has 25 heavy (non-hydrogen) atoms. The highest BCUT2D eigenvalue weighted by molar-refractivity contribution is 5.80. The Labute approximate surface area is 148 Å². The normalized spacial score (nSPS) is 22.6. The fourth-order valence-corrected chi connectivity index (χ4v) is 4.10. The van der Waals surface area contributed by atoms with Gasteiger partial charge in [0.1, 0.15) is 12.4 Å². The summed E-state index contributed by atoms with van der Waals surface area (Å²) in [6.45, 7) is 6.21. The minimum Gasteiger partial charge on any atom is -0.492 e. The molecule has 0 N–H and O–H groups in total. The Morgan fingerprint density at radius 3 is 2.96 bits per heavy atom. The third-order valence-corrected chi connectivity index (χ3v) is 5.38. The van der Waals surface area contributed by atoms with E-state index in [2.05, 4.69) is 29.1 Å². The van der Waals surface area contributed by atoms with Gasteiger partial charge in [-0.2, -0.15) is 5.10 Å². The highest BCUT2D eigenvalue weighted by atomic mass is 16.5. The quantitative estimate of drug-likeness (QED) is 0.864. The predicted molar refractivity (Wildman–Crippen MR) is 95.6 cm³/mol. The molecular formula is C20H25N3O2. The monoisotopic (exact) mass is 339 g/mol. The van der Waals surface area contributed by atoms with Crippen LogP contribution in [0.25, 0.3) is 0 Å². The Bertz CT molecular complexity index is 783. The van der Waals surface area contributed by atoms with E-state index in [4.69, 9.17) is 4.74 Å². The third kappa shape index (κ3) is 3.15. The number of rotatable bonds is 3. The standard InChI is InChI=1S/C20H25N3O2/c1-14-10-15(2)23(21-14)12-18-7-5-9-22(18)20(24)17-11-16-6-3-4-8-19(16)25-13-17/h3-4,6,8,10,17-18H,5,7,9,11-13H2,1-2H3/t17-,18-/m1/s1. The van der Waals surface area contributed by atoms with Crippen LogP contribution in [0.4, 0.5) is 0 Å². The summed E-state index contributed by atoms with van der Waals surface area (Å²) in [7, 11) is 0. The number of amides is 1. The van der Waals surface area contributed by atoms with Gasteiger partial charge < -0.3 is 9.64 Å².